The Bertz CT molecular complexity index is 127. The lowest BCUT2D eigenvalue weighted by molar-refractivity contribution is 0.531. The molecule has 0 saturated heterocycles. The predicted octanol–water partition coefficient (Wildman–Crippen LogP) is 1.52. The van der Waals surface area contributed by atoms with Crippen LogP contribution in [0.2, 0.25) is 0 Å². The lowest BCUT2D eigenvalue weighted by Crippen LogP contribution is -2.22. The molecule has 0 aromatic rings. The van der Waals surface area contributed by atoms with Crippen LogP contribution in [0.25, 0.3) is 0 Å². The first-order valence-electron chi connectivity index (χ1n) is 4.04. The Balaban J connectivity index is 1.89. The van der Waals surface area contributed by atoms with Crippen molar-refractivity contribution in [2.75, 3.05) is 0 Å². The summed E-state index contributed by atoms with van der Waals surface area (Å²) in [4.78, 5) is 0. The Morgan fingerprint density at radius 1 is 1.67 bits per heavy atom. The zero-order chi connectivity index (χ0) is 6.48. The highest BCUT2D eigenvalue weighted by Gasteiger charge is 2.63. The second-order valence-electron chi connectivity index (χ2n) is 3.75. The summed E-state index contributed by atoms with van der Waals surface area (Å²) in [5.41, 5.74) is 6.71. The molecule has 0 amide bonds. The van der Waals surface area contributed by atoms with Crippen LogP contribution in [0.4, 0.5) is 0 Å². The van der Waals surface area contributed by atoms with Crippen LogP contribution in [-0.4, -0.2) is 6.04 Å². The summed E-state index contributed by atoms with van der Waals surface area (Å²) in [6.45, 7) is 2.19. The van der Waals surface area contributed by atoms with Crippen LogP contribution in [0.1, 0.15) is 32.6 Å². The Hall–Kier alpha value is -0.0400. The molecule has 9 heavy (non-hydrogen) atoms. The molecule has 2 atom stereocenters. The minimum Gasteiger partial charge on any atom is -0.327 e. The van der Waals surface area contributed by atoms with Crippen molar-refractivity contribution in [2.45, 2.75) is 38.6 Å². The third-order valence-electron chi connectivity index (χ3n) is 3.13. The lowest BCUT2D eigenvalue weighted by Gasteiger charge is -2.05. The van der Waals surface area contributed by atoms with Gasteiger partial charge >= 0.3 is 0 Å². The highest BCUT2D eigenvalue weighted by molar-refractivity contribution is 5.15. The van der Waals surface area contributed by atoms with E-state index < -0.39 is 0 Å². The zero-order valence-electron chi connectivity index (χ0n) is 6.06. The molecular formula is C8H15N. The summed E-state index contributed by atoms with van der Waals surface area (Å²) in [6, 6.07) is 0.521. The van der Waals surface area contributed by atoms with Gasteiger partial charge in [0.25, 0.3) is 0 Å². The van der Waals surface area contributed by atoms with Gasteiger partial charge in [0.1, 0.15) is 0 Å². The van der Waals surface area contributed by atoms with Crippen molar-refractivity contribution < 1.29 is 0 Å². The van der Waals surface area contributed by atoms with Crippen molar-refractivity contribution in [3.8, 4) is 0 Å². The van der Waals surface area contributed by atoms with E-state index >= 15 is 0 Å². The second-order valence-corrected chi connectivity index (χ2v) is 3.75. The quantitative estimate of drug-likeness (QED) is 0.595. The maximum atomic E-state index is 5.89. The van der Waals surface area contributed by atoms with Gasteiger partial charge in [0.05, 0.1) is 0 Å². The zero-order valence-corrected chi connectivity index (χ0v) is 6.06. The summed E-state index contributed by atoms with van der Waals surface area (Å²) in [7, 11) is 0. The first-order valence-corrected chi connectivity index (χ1v) is 4.04. The fourth-order valence-corrected chi connectivity index (χ4v) is 2.00. The van der Waals surface area contributed by atoms with Crippen molar-refractivity contribution in [1.29, 1.82) is 0 Å². The van der Waals surface area contributed by atoms with Gasteiger partial charge in [0.2, 0.25) is 0 Å². The molecule has 2 aliphatic carbocycles. The van der Waals surface area contributed by atoms with E-state index in [4.69, 9.17) is 5.73 Å². The number of hydrogen-bond acceptors (Lipinski definition) is 1. The Morgan fingerprint density at radius 2 is 2.33 bits per heavy atom. The topological polar surface area (TPSA) is 26.0 Å². The van der Waals surface area contributed by atoms with Gasteiger partial charge in [0, 0.05) is 6.04 Å². The predicted molar refractivity (Wildman–Crippen MR) is 38.0 cm³/mol. The molecule has 52 valence electrons. The van der Waals surface area contributed by atoms with Gasteiger partial charge < -0.3 is 5.73 Å². The standard InChI is InChI=1S/C8H15N/c1-2-7(9)6-5-8(6)3-4-8/h6-7H,2-5,9H2,1H3/t6?,7-/m1/s1. The van der Waals surface area contributed by atoms with Crippen molar-refractivity contribution >= 4 is 0 Å². The third kappa shape index (κ3) is 0.710. The van der Waals surface area contributed by atoms with E-state index in [2.05, 4.69) is 6.92 Å². The maximum absolute atomic E-state index is 5.89. The molecule has 2 rings (SSSR count). The van der Waals surface area contributed by atoms with Crippen LogP contribution >= 0.6 is 0 Å². The molecule has 0 radical (unpaired) electrons. The smallest absolute Gasteiger partial charge is 0.00700 e. The van der Waals surface area contributed by atoms with Crippen LogP contribution in [-0.2, 0) is 0 Å². The average Bonchev–Trinajstić information content (AvgIpc) is 2.74. The molecule has 1 nitrogen and oxygen atoms in total. The molecule has 2 N–H and O–H groups in total. The van der Waals surface area contributed by atoms with Gasteiger partial charge in [-0.15, -0.1) is 0 Å². The summed E-state index contributed by atoms with van der Waals surface area (Å²) in [5, 5.41) is 0. The molecule has 2 aliphatic rings. The molecule has 1 heteroatoms. The van der Waals surface area contributed by atoms with E-state index in [0.717, 1.165) is 11.3 Å². The molecule has 2 fully saturated rings. The van der Waals surface area contributed by atoms with Gasteiger partial charge in [-0.05, 0) is 37.0 Å². The molecule has 1 spiro atoms. The SMILES string of the molecule is CC[C@@H](N)C1CC12CC2. The molecule has 1 unspecified atom stereocenters. The van der Waals surface area contributed by atoms with Gasteiger partial charge in [-0.25, -0.2) is 0 Å². The van der Waals surface area contributed by atoms with Crippen LogP contribution in [0.3, 0.4) is 0 Å². The molecular weight excluding hydrogens is 110 g/mol. The van der Waals surface area contributed by atoms with Crippen molar-refractivity contribution in [3.63, 3.8) is 0 Å². The van der Waals surface area contributed by atoms with Gasteiger partial charge in [-0.2, -0.15) is 0 Å². The van der Waals surface area contributed by atoms with E-state index in [1.165, 1.54) is 25.7 Å². The third-order valence-corrected chi connectivity index (χ3v) is 3.13. The van der Waals surface area contributed by atoms with E-state index in [9.17, 15) is 0 Å². The van der Waals surface area contributed by atoms with Crippen LogP contribution in [0, 0.1) is 11.3 Å². The fraction of sp³-hybridized carbons (Fsp3) is 1.00. The maximum Gasteiger partial charge on any atom is 0.00700 e. The normalized spacial score (nSPS) is 38.7. The summed E-state index contributed by atoms with van der Waals surface area (Å²) < 4.78 is 0. The molecule has 0 aromatic carbocycles. The molecule has 0 aliphatic heterocycles. The Kier molecular flexibility index (Phi) is 0.963. The monoisotopic (exact) mass is 125 g/mol. The first-order chi connectivity index (χ1) is 4.28. The molecule has 2 saturated carbocycles. The minimum absolute atomic E-state index is 0.521. The van der Waals surface area contributed by atoms with Crippen LogP contribution in [0.15, 0.2) is 0 Å². The number of hydrogen-bond donors (Lipinski definition) is 1. The second kappa shape index (κ2) is 1.51. The first kappa shape index (κ1) is 5.72. The van der Waals surface area contributed by atoms with E-state index in [0.29, 0.717) is 6.04 Å². The van der Waals surface area contributed by atoms with Crippen LogP contribution in [0.5, 0.6) is 0 Å². The summed E-state index contributed by atoms with van der Waals surface area (Å²) >= 11 is 0. The van der Waals surface area contributed by atoms with Gasteiger partial charge in [-0.1, -0.05) is 6.92 Å². The minimum atomic E-state index is 0.521. The average molecular weight is 125 g/mol. The molecule has 0 heterocycles. The number of nitrogens with two attached hydrogens (primary N) is 1. The summed E-state index contributed by atoms with van der Waals surface area (Å²) in [6.07, 6.45) is 5.57. The van der Waals surface area contributed by atoms with Crippen LogP contribution < -0.4 is 5.73 Å². The van der Waals surface area contributed by atoms with Crippen molar-refractivity contribution in [1.82, 2.24) is 0 Å². The molecule has 0 aromatic heterocycles. The fourth-order valence-electron chi connectivity index (χ4n) is 2.00. The molecule has 0 bridgehead atoms. The van der Waals surface area contributed by atoms with Crippen molar-refractivity contribution in [2.24, 2.45) is 17.1 Å². The highest BCUT2D eigenvalue weighted by atomic mass is 14.8. The number of rotatable bonds is 2. The van der Waals surface area contributed by atoms with E-state index in [-0.39, 0.29) is 0 Å². The highest BCUT2D eigenvalue weighted by Crippen LogP contribution is 2.71. The van der Waals surface area contributed by atoms with E-state index in [1.807, 2.05) is 0 Å². The largest absolute Gasteiger partial charge is 0.327 e. The summed E-state index contributed by atoms with van der Waals surface area (Å²) in [5.74, 6) is 0.919. The van der Waals surface area contributed by atoms with Crippen molar-refractivity contribution in [3.05, 3.63) is 0 Å². The Labute approximate surface area is 56.6 Å². The van der Waals surface area contributed by atoms with Gasteiger partial charge in [0.15, 0.2) is 0 Å². The Morgan fingerprint density at radius 3 is 2.67 bits per heavy atom. The van der Waals surface area contributed by atoms with Gasteiger partial charge in [-0.3, -0.25) is 0 Å². The lowest BCUT2D eigenvalue weighted by atomic mass is 10.1. The van der Waals surface area contributed by atoms with E-state index in [1.54, 1.807) is 0 Å².